The molecule has 1 heterocycles. The normalized spacial score (nSPS) is 10.5. The predicted octanol–water partition coefficient (Wildman–Crippen LogP) is 3.26. The Bertz CT molecular complexity index is 909. The topological polar surface area (TPSA) is 77.4 Å². The fraction of sp³-hybridized carbons (Fsp3) is 0.235. The lowest BCUT2D eigenvalue weighted by molar-refractivity contribution is -0.137. The van der Waals surface area contributed by atoms with Gasteiger partial charge in [0, 0.05) is 24.5 Å². The Hall–Kier alpha value is -2.74. The van der Waals surface area contributed by atoms with Gasteiger partial charge in [-0.3, -0.25) is 9.59 Å². The van der Waals surface area contributed by atoms with E-state index in [-0.39, 0.29) is 28.6 Å². The zero-order valence-electron chi connectivity index (χ0n) is 14.2. The van der Waals surface area contributed by atoms with E-state index in [0.29, 0.717) is 5.69 Å². The summed E-state index contributed by atoms with van der Waals surface area (Å²) in [5.74, 6) is -5.01. The van der Waals surface area contributed by atoms with Gasteiger partial charge in [0.15, 0.2) is 11.6 Å². The number of carbonyl (C=O) groups excluding carboxylic acids is 3. The summed E-state index contributed by atoms with van der Waals surface area (Å²) >= 11 is 6.15. The van der Waals surface area contributed by atoms with Crippen LogP contribution >= 0.6 is 11.6 Å². The number of nitrogens with zero attached hydrogens (tertiary/aromatic N) is 1. The van der Waals surface area contributed by atoms with Crippen LogP contribution in [0.2, 0.25) is 5.02 Å². The molecular formula is C17H15ClF2N2O4. The van der Waals surface area contributed by atoms with Crippen molar-refractivity contribution in [3.8, 4) is 0 Å². The molecule has 26 heavy (non-hydrogen) atoms. The van der Waals surface area contributed by atoms with Crippen molar-refractivity contribution in [1.29, 1.82) is 0 Å². The third-order valence-electron chi connectivity index (χ3n) is 3.71. The van der Waals surface area contributed by atoms with Gasteiger partial charge in [-0.1, -0.05) is 11.6 Å². The molecule has 1 N–H and O–H groups in total. The monoisotopic (exact) mass is 384 g/mol. The first kappa shape index (κ1) is 19.6. The number of anilines is 1. The molecule has 0 bridgehead atoms. The van der Waals surface area contributed by atoms with E-state index >= 15 is 0 Å². The number of carbonyl (C=O) groups is 3. The summed E-state index contributed by atoms with van der Waals surface area (Å²) in [4.78, 5) is 36.4. The van der Waals surface area contributed by atoms with Gasteiger partial charge in [0.1, 0.15) is 5.69 Å². The Balaban J connectivity index is 2.39. The quantitative estimate of drug-likeness (QED) is 0.487. The number of hydrogen-bond acceptors (Lipinski definition) is 4. The van der Waals surface area contributed by atoms with Crippen LogP contribution in [0.1, 0.15) is 33.5 Å². The number of ether oxygens (including phenoxy) is 1. The van der Waals surface area contributed by atoms with Crippen LogP contribution in [0.15, 0.2) is 18.2 Å². The summed E-state index contributed by atoms with van der Waals surface area (Å²) in [5, 5.41) is 2.14. The van der Waals surface area contributed by atoms with Crippen molar-refractivity contribution < 1.29 is 27.9 Å². The molecule has 0 saturated carbocycles. The highest BCUT2D eigenvalue weighted by molar-refractivity contribution is 6.46. The Kier molecular flexibility index (Phi) is 5.76. The van der Waals surface area contributed by atoms with Crippen molar-refractivity contribution in [2.24, 2.45) is 7.05 Å². The third-order valence-corrected chi connectivity index (χ3v) is 4.08. The summed E-state index contributed by atoms with van der Waals surface area (Å²) < 4.78 is 32.2. The second-order valence-corrected chi connectivity index (χ2v) is 5.69. The van der Waals surface area contributed by atoms with Crippen molar-refractivity contribution in [2.75, 3.05) is 11.9 Å². The molecule has 0 aliphatic rings. The maximum Gasteiger partial charge on any atom is 0.381 e. The molecular weight excluding hydrogens is 370 g/mol. The van der Waals surface area contributed by atoms with E-state index in [2.05, 4.69) is 10.1 Å². The van der Waals surface area contributed by atoms with E-state index in [4.69, 9.17) is 11.6 Å². The number of amides is 1. The average Bonchev–Trinajstić information content (AvgIpc) is 2.80. The molecule has 1 amide bonds. The molecule has 0 saturated heterocycles. The van der Waals surface area contributed by atoms with Gasteiger partial charge in [-0.25, -0.2) is 13.6 Å². The van der Waals surface area contributed by atoms with Crippen LogP contribution in [-0.4, -0.2) is 28.8 Å². The zero-order chi connectivity index (χ0) is 19.6. The number of halogens is 3. The minimum atomic E-state index is -1.13. The molecule has 0 aliphatic carbocycles. The van der Waals surface area contributed by atoms with Crippen LogP contribution in [0.4, 0.5) is 14.5 Å². The molecule has 2 aromatic rings. The Morgan fingerprint density at radius 3 is 2.46 bits per heavy atom. The highest BCUT2D eigenvalue weighted by Crippen LogP contribution is 2.29. The first-order valence-corrected chi connectivity index (χ1v) is 7.89. The maximum absolute atomic E-state index is 13.3. The van der Waals surface area contributed by atoms with Crippen molar-refractivity contribution >= 4 is 34.9 Å². The van der Waals surface area contributed by atoms with E-state index in [1.807, 2.05) is 0 Å². The van der Waals surface area contributed by atoms with E-state index in [1.165, 1.54) is 24.6 Å². The van der Waals surface area contributed by atoms with Gasteiger partial charge in [-0.2, -0.15) is 0 Å². The van der Waals surface area contributed by atoms with E-state index in [9.17, 15) is 23.2 Å². The highest BCUT2D eigenvalue weighted by Gasteiger charge is 2.30. The van der Waals surface area contributed by atoms with Gasteiger partial charge in [-0.15, -0.1) is 0 Å². The third kappa shape index (κ3) is 3.60. The molecule has 0 spiro atoms. The number of nitrogens with one attached hydrogen (secondary N) is 1. The van der Waals surface area contributed by atoms with E-state index < -0.39 is 29.3 Å². The summed E-state index contributed by atoms with van der Waals surface area (Å²) in [7, 11) is 1.46. The predicted molar refractivity (Wildman–Crippen MR) is 90.4 cm³/mol. The molecule has 2 rings (SSSR count). The number of rotatable bonds is 5. The van der Waals surface area contributed by atoms with Crippen LogP contribution in [0.3, 0.4) is 0 Å². The molecule has 9 heteroatoms. The number of benzene rings is 1. The SMILES string of the molecule is CCOC(=O)C(=O)c1c(Cl)c(C(=O)Nc2ccc(F)c(F)c2)c(C)n1C. The first-order chi connectivity index (χ1) is 12.2. The van der Waals surface area contributed by atoms with Crippen molar-refractivity contribution in [1.82, 2.24) is 4.57 Å². The van der Waals surface area contributed by atoms with Gasteiger partial charge in [0.2, 0.25) is 0 Å². The molecule has 0 unspecified atom stereocenters. The molecule has 0 radical (unpaired) electrons. The summed E-state index contributed by atoms with van der Waals surface area (Å²) in [6, 6.07) is 2.84. The second kappa shape index (κ2) is 7.65. The number of Topliss-reactive ketones (excluding diaryl/α,β-unsaturated/α-hetero) is 1. The van der Waals surface area contributed by atoms with Gasteiger partial charge in [0.25, 0.3) is 11.7 Å². The minimum absolute atomic E-state index is 0.00601. The van der Waals surface area contributed by atoms with E-state index in [0.717, 1.165) is 12.1 Å². The molecule has 0 aliphatic heterocycles. The minimum Gasteiger partial charge on any atom is -0.460 e. The van der Waals surface area contributed by atoms with Crippen LogP contribution < -0.4 is 5.32 Å². The van der Waals surface area contributed by atoms with Crippen LogP contribution in [0.25, 0.3) is 0 Å². The second-order valence-electron chi connectivity index (χ2n) is 5.31. The van der Waals surface area contributed by atoms with Crippen molar-refractivity contribution in [3.05, 3.63) is 51.8 Å². The fourth-order valence-electron chi connectivity index (χ4n) is 2.34. The fourth-order valence-corrected chi connectivity index (χ4v) is 2.77. The molecule has 1 aromatic heterocycles. The summed E-state index contributed by atoms with van der Waals surface area (Å²) in [5.41, 5.74) is 0.0545. The summed E-state index contributed by atoms with van der Waals surface area (Å²) in [6.45, 7) is 3.08. The Labute approximate surface area is 152 Å². The van der Waals surface area contributed by atoms with Crippen LogP contribution in [0.5, 0.6) is 0 Å². The van der Waals surface area contributed by atoms with Gasteiger partial charge >= 0.3 is 5.97 Å². The standard InChI is InChI=1S/C17H15ClF2N2O4/c1-4-26-17(25)15(23)14-13(18)12(8(2)22(14)3)16(24)21-9-5-6-10(19)11(20)7-9/h5-7H,4H2,1-3H3,(H,21,24). The molecule has 0 atom stereocenters. The Morgan fingerprint density at radius 2 is 1.88 bits per heavy atom. The van der Waals surface area contributed by atoms with Gasteiger partial charge in [0.05, 0.1) is 17.2 Å². The number of esters is 1. The van der Waals surface area contributed by atoms with Crippen LogP contribution in [-0.2, 0) is 16.6 Å². The summed E-state index contributed by atoms with van der Waals surface area (Å²) in [6.07, 6.45) is 0. The van der Waals surface area contributed by atoms with E-state index in [1.54, 1.807) is 6.92 Å². The van der Waals surface area contributed by atoms with Gasteiger partial charge < -0.3 is 14.6 Å². The molecule has 138 valence electrons. The number of ketones is 1. The molecule has 1 aromatic carbocycles. The smallest absolute Gasteiger partial charge is 0.381 e. The number of hydrogen-bond donors (Lipinski definition) is 1. The lowest BCUT2D eigenvalue weighted by Gasteiger charge is -2.06. The maximum atomic E-state index is 13.3. The lowest BCUT2D eigenvalue weighted by Crippen LogP contribution is -2.20. The van der Waals surface area contributed by atoms with Crippen molar-refractivity contribution in [3.63, 3.8) is 0 Å². The average molecular weight is 385 g/mol. The number of aromatic nitrogens is 1. The lowest BCUT2D eigenvalue weighted by atomic mass is 10.2. The van der Waals surface area contributed by atoms with Crippen LogP contribution in [0, 0.1) is 18.6 Å². The molecule has 0 fully saturated rings. The van der Waals surface area contributed by atoms with Crippen molar-refractivity contribution in [2.45, 2.75) is 13.8 Å². The largest absolute Gasteiger partial charge is 0.460 e. The zero-order valence-corrected chi connectivity index (χ0v) is 14.9. The van der Waals surface area contributed by atoms with Gasteiger partial charge in [-0.05, 0) is 26.0 Å². The highest BCUT2D eigenvalue weighted by atomic mass is 35.5. The molecule has 6 nitrogen and oxygen atoms in total. The first-order valence-electron chi connectivity index (χ1n) is 7.51. The Morgan fingerprint density at radius 1 is 1.23 bits per heavy atom.